The molecule has 6 heteroatoms. The molecule has 0 aliphatic rings. The lowest BCUT2D eigenvalue weighted by molar-refractivity contribution is 0.102. The van der Waals surface area contributed by atoms with Gasteiger partial charge in [-0.2, -0.15) is 0 Å². The van der Waals surface area contributed by atoms with E-state index < -0.39 is 9.84 Å². The number of carbonyl (C=O) groups is 1. The Hall–Kier alpha value is -0.200. The third-order valence-corrected chi connectivity index (χ3v) is 5.52. The van der Waals surface area contributed by atoms with Crippen molar-refractivity contribution >= 4 is 42.9 Å². The topological polar surface area (TPSA) is 51.2 Å². The Bertz CT molecular complexity index is 462. The molecule has 0 aliphatic heterocycles. The molecule has 3 nitrogen and oxygen atoms in total. The first-order chi connectivity index (χ1) is 7.46. The lowest BCUT2D eigenvalue weighted by atomic mass is 10.3. The molecule has 16 heavy (non-hydrogen) atoms. The van der Waals surface area contributed by atoms with E-state index in [1.807, 2.05) is 6.92 Å². The molecule has 1 heterocycles. The molecule has 0 fully saturated rings. The summed E-state index contributed by atoms with van der Waals surface area (Å²) in [5, 5.41) is 1.76. The number of hydrogen-bond acceptors (Lipinski definition) is 4. The zero-order valence-corrected chi connectivity index (χ0v) is 12.1. The molecule has 1 aromatic rings. The van der Waals surface area contributed by atoms with Gasteiger partial charge >= 0.3 is 0 Å². The van der Waals surface area contributed by atoms with Gasteiger partial charge in [0.2, 0.25) is 0 Å². The zero-order chi connectivity index (χ0) is 12.2. The number of ketones is 1. The highest BCUT2D eigenvalue weighted by Crippen LogP contribution is 2.23. The summed E-state index contributed by atoms with van der Waals surface area (Å²) in [5.41, 5.74) is 0. The van der Waals surface area contributed by atoms with Crippen LogP contribution in [-0.4, -0.2) is 25.7 Å². The van der Waals surface area contributed by atoms with Crippen LogP contribution in [0, 0.1) is 0 Å². The van der Waals surface area contributed by atoms with Crippen molar-refractivity contribution in [3.63, 3.8) is 0 Å². The molecule has 0 spiro atoms. The summed E-state index contributed by atoms with van der Waals surface area (Å²) >= 11 is 4.48. The summed E-state index contributed by atoms with van der Waals surface area (Å²) < 4.78 is 23.8. The van der Waals surface area contributed by atoms with Crippen molar-refractivity contribution in [2.75, 3.05) is 11.5 Å². The summed E-state index contributed by atoms with van der Waals surface area (Å²) in [5.74, 6) is -0.609. The highest BCUT2D eigenvalue weighted by atomic mass is 79.9. The van der Waals surface area contributed by atoms with Gasteiger partial charge in [-0.15, -0.1) is 11.3 Å². The lowest BCUT2D eigenvalue weighted by Crippen LogP contribution is -2.18. The SMILES string of the molecule is CCCCS(=O)(=O)CC(=O)c1sccc1Br. The van der Waals surface area contributed by atoms with Gasteiger partial charge in [0.15, 0.2) is 15.6 Å². The lowest BCUT2D eigenvalue weighted by Gasteiger charge is -2.01. The number of unbranched alkanes of at least 4 members (excludes halogenated alkanes) is 1. The van der Waals surface area contributed by atoms with Crippen LogP contribution in [0.15, 0.2) is 15.9 Å². The minimum absolute atomic E-state index is 0.0955. The van der Waals surface area contributed by atoms with Crippen molar-refractivity contribution in [1.29, 1.82) is 0 Å². The van der Waals surface area contributed by atoms with Gasteiger partial charge < -0.3 is 0 Å². The Morgan fingerprint density at radius 1 is 1.50 bits per heavy atom. The fourth-order valence-corrected chi connectivity index (χ4v) is 4.24. The van der Waals surface area contributed by atoms with Crippen molar-refractivity contribution in [2.45, 2.75) is 19.8 Å². The van der Waals surface area contributed by atoms with E-state index in [0.717, 1.165) is 6.42 Å². The molecule has 0 saturated heterocycles. The van der Waals surface area contributed by atoms with E-state index in [-0.39, 0.29) is 17.3 Å². The van der Waals surface area contributed by atoms with Gasteiger partial charge in [0, 0.05) is 4.47 Å². The van der Waals surface area contributed by atoms with Crippen molar-refractivity contribution in [2.24, 2.45) is 0 Å². The van der Waals surface area contributed by atoms with Crippen LogP contribution in [0.5, 0.6) is 0 Å². The van der Waals surface area contributed by atoms with Gasteiger partial charge in [-0.05, 0) is 33.8 Å². The molecule has 1 aromatic heterocycles. The Morgan fingerprint density at radius 2 is 2.19 bits per heavy atom. The zero-order valence-electron chi connectivity index (χ0n) is 8.90. The Balaban J connectivity index is 2.68. The molecule has 0 aromatic carbocycles. The predicted molar refractivity (Wildman–Crippen MR) is 69.9 cm³/mol. The Kier molecular flexibility index (Phi) is 5.14. The van der Waals surface area contributed by atoms with Crippen molar-refractivity contribution < 1.29 is 13.2 Å². The molecule has 0 saturated carbocycles. The van der Waals surface area contributed by atoms with Crippen LogP contribution < -0.4 is 0 Å². The van der Waals surface area contributed by atoms with Gasteiger partial charge in [0.1, 0.15) is 5.75 Å². The summed E-state index contributed by atoms with van der Waals surface area (Å²) in [6.07, 6.45) is 1.43. The van der Waals surface area contributed by atoms with Gasteiger partial charge in [-0.3, -0.25) is 4.79 Å². The number of Topliss-reactive ketones (excluding diaryl/α,β-unsaturated/α-hetero) is 1. The van der Waals surface area contributed by atoms with Crippen LogP contribution >= 0.6 is 27.3 Å². The maximum atomic E-state index is 11.7. The summed E-state index contributed by atoms with van der Waals surface area (Å²) in [6.45, 7) is 1.92. The quantitative estimate of drug-likeness (QED) is 0.756. The van der Waals surface area contributed by atoms with Crippen LogP contribution in [0.25, 0.3) is 0 Å². The van der Waals surface area contributed by atoms with Gasteiger partial charge in [-0.1, -0.05) is 13.3 Å². The largest absolute Gasteiger partial charge is 0.292 e. The van der Waals surface area contributed by atoms with Crippen LogP contribution in [0.1, 0.15) is 29.4 Å². The summed E-state index contributed by atoms with van der Waals surface area (Å²) in [4.78, 5) is 12.2. The minimum Gasteiger partial charge on any atom is -0.292 e. The molecular weight excluding hydrogens is 312 g/mol. The first-order valence-corrected chi connectivity index (χ1v) is 8.42. The first-order valence-electron chi connectivity index (χ1n) is 4.93. The monoisotopic (exact) mass is 324 g/mol. The number of halogens is 1. The molecule has 90 valence electrons. The highest BCUT2D eigenvalue weighted by molar-refractivity contribution is 9.10. The number of rotatable bonds is 6. The van der Waals surface area contributed by atoms with E-state index >= 15 is 0 Å². The predicted octanol–water partition coefficient (Wildman–Crippen LogP) is 2.91. The number of thiophene rings is 1. The molecule has 0 bridgehead atoms. The van der Waals surface area contributed by atoms with Crippen LogP contribution in [0.4, 0.5) is 0 Å². The maximum absolute atomic E-state index is 11.7. The smallest absolute Gasteiger partial charge is 0.188 e. The minimum atomic E-state index is -3.25. The second-order valence-corrected chi connectivity index (χ2v) is 7.42. The van der Waals surface area contributed by atoms with E-state index in [9.17, 15) is 13.2 Å². The molecule has 0 atom stereocenters. The van der Waals surface area contributed by atoms with Crippen molar-refractivity contribution in [3.05, 3.63) is 20.8 Å². The molecule has 1 rings (SSSR count). The highest BCUT2D eigenvalue weighted by Gasteiger charge is 2.20. The molecule has 0 unspecified atom stereocenters. The van der Waals surface area contributed by atoms with E-state index in [2.05, 4.69) is 15.9 Å². The summed E-state index contributed by atoms with van der Waals surface area (Å²) in [7, 11) is -3.25. The molecule has 0 N–H and O–H groups in total. The van der Waals surface area contributed by atoms with Gasteiger partial charge in [0.25, 0.3) is 0 Å². The van der Waals surface area contributed by atoms with Crippen molar-refractivity contribution in [1.82, 2.24) is 0 Å². The molecule has 0 aliphatic carbocycles. The number of carbonyl (C=O) groups excluding carboxylic acids is 1. The first kappa shape index (κ1) is 13.9. The second kappa shape index (κ2) is 5.93. The summed E-state index contributed by atoms with van der Waals surface area (Å²) in [6, 6.07) is 1.75. The Morgan fingerprint density at radius 3 is 2.69 bits per heavy atom. The van der Waals surface area contributed by atoms with E-state index in [4.69, 9.17) is 0 Å². The molecule has 0 radical (unpaired) electrons. The van der Waals surface area contributed by atoms with Crippen molar-refractivity contribution in [3.8, 4) is 0 Å². The molecule has 0 amide bonds. The van der Waals surface area contributed by atoms with Gasteiger partial charge in [0.05, 0.1) is 10.6 Å². The number of hydrogen-bond donors (Lipinski definition) is 0. The fraction of sp³-hybridized carbons (Fsp3) is 0.500. The second-order valence-electron chi connectivity index (χ2n) is 3.47. The number of sulfone groups is 1. The maximum Gasteiger partial charge on any atom is 0.188 e. The average molecular weight is 325 g/mol. The third-order valence-electron chi connectivity index (χ3n) is 2.03. The fourth-order valence-electron chi connectivity index (χ4n) is 1.19. The van der Waals surface area contributed by atoms with E-state index in [1.54, 1.807) is 11.4 Å². The normalized spacial score (nSPS) is 11.6. The van der Waals surface area contributed by atoms with Crippen LogP contribution in [-0.2, 0) is 9.84 Å². The Labute approximate surface area is 108 Å². The standard InChI is InChI=1S/C10H13BrO3S2/c1-2-3-6-16(13,14)7-9(12)10-8(11)4-5-15-10/h4-5H,2-3,6-7H2,1H3. The molecular formula is C10H13BrO3S2. The van der Waals surface area contributed by atoms with Crippen LogP contribution in [0.2, 0.25) is 0 Å². The van der Waals surface area contributed by atoms with Crippen LogP contribution in [0.3, 0.4) is 0 Å². The van der Waals surface area contributed by atoms with Gasteiger partial charge in [-0.25, -0.2) is 8.42 Å². The van der Waals surface area contributed by atoms with E-state index in [1.165, 1.54) is 11.3 Å². The van der Waals surface area contributed by atoms with E-state index in [0.29, 0.717) is 15.8 Å². The third kappa shape index (κ3) is 3.99. The average Bonchev–Trinajstić information content (AvgIpc) is 2.61.